The number of likely N-dealkylation sites (tertiary alicyclic amines) is 1. The number of hydrogen-bond acceptors (Lipinski definition) is 6. The molecule has 0 spiro atoms. The van der Waals surface area contributed by atoms with Crippen molar-refractivity contribution in [3.8, 4) is 0 Å². The molecule has 1 unspecified atom stereocenters. The predicted octanol–water partition coefficient (Wildman–Crippen LogP) is 0.909. The zero-order chi connectivity index (χ0) is 21.9. The Kier molecular flexibility index (Phi) is 7.07. The molecule has 10 nitrogen and oxygen atoms in total. The maximum Gasteiger partial charge on any atom is 0.410 e. The van der Waals surface area contributed by atoms with E-state index in [-0.39, 0.29) is 18.0 Å². The molecule has 3 fully saturated rings. The van der Waals surface area contributed by atoms with Gasteiger partial charge in [-0.3, -0.25) is 14.6 Å². The van der Waals surface area contributed by atoms with E-state index in [4.69, 9.17) is 9.47 Å². The van der Waals surface area contributed by atoms with Gasteiger partial charge in [-0.15, -0.1) is 0 Å². The number of amides is 3. The van der Waals surface area contributed by atoms with E-state index in [1.807, 2.05) is 20.8 Å². The lowest BCUT2D eigenvalue weighted by molar-refractivity contribution is -0.143. The minimum absolute atomic E-state index is 0.142. The topological polar surface area (TPSA) is 103 Å². The fourth-order valence-corrected chi connectivity index (χ4v) is 4.31. The highest BCUT2D eigenvalue weighted by Gasteiger charge is 2.40. The Balaban J connectivity index is 1.59. The molecule has 170 valence electrons. The van der Waals surface area contributed by atoms with Crippen molar-refractivity contribution in [3.63, 3.8) is 0 Å². The Morgan fingerprint density at radius 1 is 0.933 bits per heavy atom. The fourth-order valence-electron chi connectivity index (χ4n) is 4.31. The lowest BCUT2D eigenvalue weighted by atomic mass is 10.0. The zero-order valence-electron chi connectivity index (χ0n) is 18.2. The average Bonchev–Trinajstić information content (AvgIpc) is 2.72. The summed E-state index contributed by atoms with van der Waals surface area (Å²) in [6.45, 7) is 10.0. The summed E-state index contributed by atoms with van der Waals surface area (Å²) in [5.74, 6) is -0.142. The minimum Gasteiger partial charge on any atom is -0.465 e. The number of morpholine rings is 1. The molecule has 30 heavy (non-hydrogen) atoms. The molecule has 1 atom stereocenters. The lowest BCUT2D eigenvalue weighted by Crippen LogP contribution is -2.64. The molecular formula is C20H34N4O6. The molecule has 0 aromatic carbocycles. The third-order valence-electron chi connectivity index (χ3n) is 5.90. The number of carboxylic acid groups (broad SMARTS) is 1. The van der Waals surface area contributed by atoms with Crippen molar-refractivity contribution in [3.05, 3.63) is 0 Å². The van der Waals surface area contributed by atoms with E-state index in [0.717, 1.165) is 12.8 Å². The Morgan fingerprint density at radius 2 is 1.57 bits per heavy atom. The molecule has 3 aliphatic heterocycles. The Morgan fingerprint density at radius 3 is 2.13 bits per heavy atom. The molecule has 0 aliphatic carbocycles. The molecule has 3 rings (SSSR count). The van der Waals surface area contributed by atoms with Gasteiger partial charge in [0.25, 0.3) is 0 Å². The maximum absolute atomic E-state index is 13.0. The van der Waals surface area contributed by atoms with Crippen molar-refractivity contribution >= 4 is 18.1 Å². The first-order valence-electron chi connectivity index (χ1n) is 10.7. The van der Waals surface area contributed by atoms with Gasteiger partial charge in [0.1, 0.15) is 11.6 Å². The van der Waals surface area contributed by atoms with Crippen LogP contribution in [0.5, 0.6) is 0 Å². The largest absolute Gasteiger partial charge is 0.465 e. The smallest absolute Gasteiger partial charge is 0.410 e. The highest BCUT2D eigenvalue weighted by atomic mass is 16.6. The monoisotopic (exact) mass is 426 g/mol. The molecular weight excluding hydrogens is 392 g/mol. The number of piperidine rings is 1. The summed E-state index contributed by atoms with van der Waals surface area (Å²) in [4.78, 5) is 44.0. The Hall–Kier alpha value is -2.07. The van der Waals surface area contributed by atoms with Gasteiger partial charge in [-0.2, -0.15) is 0 Å². The first-order chi connectivity index (χ1) is 14.2. The Labute approximate surface area is 177 Å². The van der Waals surface area contributed by atoms with Gasteiger partial charge in [0.2, 0.25) is 5.91 Å². The van der Waals surface area contributed by atoms with Crippen LogP contribution < -0.4 is 0 Å². The zero-order valence-corrected chi connectivity index (χ0v) is 18.2. The summed E-state index contributed by atoms with van der Waals surface area (Å²) in [6.07, 6.45) is 0.216. The summed E-state index contributed by atoms with van der Waals surface area (Å²) in [5, 5.41) is 9.60. The number of carbonyl (C=O) groups is 3. The van der Waals surface area contributed by atoms with Crippen LogP contribution in [0.3, 0.4) is 0 Å². The van der Waals surface area contributed by atoms with Gasteiger partial charge in [0.05, 0.1) is 13.2 Å². The first kappa shape index (κ1) is 22.6. The van der Waals surface area contributed by atoms with E-state index < -0.39 is 17.7 Å². The lowest BCUT2D eigenvalue weighted by Gasteiger charge is -2.46. The van der Waals surface area contributed by atoms with Gasteiger partial charge in [-0.25, -0.2) is 9.59 Å². The third kappa shape index (κ3) is 5.54. The third-order valence-corrected chi connectivity index (χ3v) is 5.90. The van der Waals surface area contributed by atoms with E-state index in [1.165, 1.54) is 4.90 Å². The van der Waals surface area contributed by atoms with Gasteiger partial charge >= 0.3 is 12.2 Å². The number of rotatable bonds is 2. The number of carbonyl (C=O) groups excluding carboxylic acids is 2. The molecule has 0 radical (unpaired) electrons. The van der Waals surface area contributed by atoms with E-state index >= 15 is 0 Å². The number of ether oxygens (including phenoxy) is 2. The van der Waals surface area contributed by atoms with Crippen molar-refractivity contribution in [2.45, 2.75) is 51.3 Å². The quantitative estimate of drug-likeness (QED) is 0.700. The summed E-state index contributed by atoms with van der Waals surface area (Å²) in [5.41, 5.74) is -0.520. The van der Waals surface area contributed by atoms with Crippen LogP contribution in [-0.2, 0) is 14.3 Å². The van der Waals surface area contributed by atoms with Crippen LogP contribution in [0.4, 0.5) is 9.59 Å². The van der Waals surface area contributed by atoms with Crippen LogP contribution in [0.25, 0.3) is 0 Å². The van der Waals surface area contributed by atoms with Crippen LogP contribution in [0, 0.1) is 0 Å². The van der Waals surface area contributed by atoms with Crippen LogP contribution in [0.2, 0.25) is 0 Å². The molecule has 10 heteroatoms. The highest BCUT2D eigenvalue weighted by Crippen LogP contribution is 2.23. The van der Waals surface area contributed by atoms with Gasteiger partial charge in [0.15, 0.2) is 0 Å². The van der Waals surface area contributed by atoms with Crippen molar-refractivity contribution in [2.75, 3.05) is 59.0 Å². The summed E-state index contributed by atoms with van der Waals surface area (Å²) >= 11 is 0. The van der Waals surface area contributed by atoms with Gasteiger partial charge < -0.3 is 24.4 Å². The van der Waals surface area contributed by atoms with E-state index in [2.05, 4.69) is 4.90 Å². The second-order valence-corrected chi connectivity index (χ2v) is 9.12. The van der Waals surface area contributed by atoms with Gasteiger partial charge in [-0.05, 0) is 33.6 Å². The molecule has 1 N–H and O–H groups in total. The molecule has 0 aromatic rings. The second kappa shape index (κ2) is 9.38. The molecule has 0 saturated carbocycles. The molecule has 0 aromatic heterocycles. The van der Waals surface area contributed by atoms with Crippen molar-refractivity contribution < 1.29 is 29.0 Å². The van der Waals surface area contributed by atoms with Crippen LogP contribution in [0.1, 0.15) is 33.6 Å². The van der Waals surface area contributed by atoms with Gasteiger partial charge in [0, 0.05) is 51.9 Å². The fraction of sp³-hybridized carbons (Fsp3) is 0.850. The van der Waals surface area contributed by atoms with E-state index in [1.54, 1.807) is 9.80 Å². The number of nitrogens with zero attached hydrogens (tertiary/aromatic N) is 4. The van der Waals surface area contributed by atoms with Crippen LogP contribution in [-0.4, -0.2) is 120 Å². The average molecular weight is 427 g/mol. The van der Waals surface area contributed by atoms with Crippen LogP contribution >= 0.6 is 0 Å². The van der Waals surface area contributed by atoms with Crippen LogP contribution in [0.15, 0.2) is 0 Å². The first-order valence-corrected chi connectivity index (χ1v) is 10.7. The number of piperazine rings is 1. The molecule has 0 bridgehead atoms. The van der Waals surface area contributed by atoms with Crippen molar-refractivity contribution in [2.24, 2.45) is 0 Å². The second-order valence-electron chi connectivity index (χ2n) is 9.12. The molecule has 3 saturated heterocycles. The van der Waals surface area contributed by atoms with E-state index in [0.29, 0.717) is 59.0 Å². The minimum atomic E-state index is -1.05. The Bertz CT molecular complexity index is 638. The summed E-state index contributed by atoms with van der Waals surface area (Å²) in [6, 6.07) is -0.474. The predicted molar refractivity (Wildman–Crippen MR) is 108 cm³/mol. The normalized spacial score (nSPS) is 24.6. The van der Waals surface area contributed by atoms with E-state index in [9.17, 15) is 19.5 Å². The summed E-state index contributed by atoms with van der Waals surface area (Å²) < 4.78 is 10.8. The highest BCUT2D eigenvalue weighted by molar-refractivity contribution is 5.86. The molecule has 3 heterocycles. The maximum atomic E-state index is 13.0. The van der Waals surface area contributed by atoms with Crippen molar-refractivity contribution in [1.29, 1.82) is 0 Å². The van der Waals surface area contributed by atoms with Crippen molar-refractivity contribution in [1.82, 2.24) is 19.6 Å². The molecule has 3 aliphatic rings. The standard InChI is InChI=1S/C20H34N4O6/c1-20(2,3)30-19(28)22-6-4-15(5-7-22)23-8-9-24(18(26)27)16(14-23)17(25)21-10-12-29-13-11-21/h15-16H,4-14H2,1-3H3,(H,26,27). The SMILES string of the molecule is CC(C)(C)OC(=O)N1CCC(N2CCN(C(=O)O)C(C(=O)N3CCOCC3)C2)CC1. The molecule has 3 amide bonds. The number of hydrogen-bond donors (Lipinski definition) is 1. The van der Waals surface area contributed by atoms with Gasteiger partial charge in [-0.1, -0.05) is 0 Å². The summed E-state index contributed by atoms with van der Waals surface area (Å²) in [7, 11) is 0.